The Bertz CT molecular complexity index is 263. The van der Waals surface area contributed by atoms with E-state index in [1.165, 1.54) is 0 Å². The third-order valence-corrected chi connectivity index (χ3v) is 1.18. The van der Waals surface area contributed by atoms with E-state index in [0.29, 0.717) is 0 Å². The van der Waals surface area contributed by atoms with E-state index in [2.05, 4.69) is 18.2 Å². The van der Waals surface area contributed by atoms with Crippen molar-refractivity contribution in [2.45, 2.75) is 6.23 Å². The normalized spacial score (nSPS) is 12.5. The Labute approximate surface area is 85.6 Å². The van der Waals surface area contributed by atoms with Gasteiger partial charge in [-0.25, -0.2) is 9.79 Å². The molecule has 2 N–H and O–H groups in total. The molecule has 0 spiro atoms. The van der Waals surface area contributed by atoms with Gasteiger partial charge in [-0.1, -0.05) is 36.4 Å². The quantitative estimate of drug-likeness (QED) is 0.563. The van der Waals surface area contributed by atoms with Crippen molar-refractivity contribution in [2.24, 2.45) is 4.99 Å². The molecule has 13 heavy (non-hydrogen) atoms. The lowest BCUT2D eigenvalue weighted by Gasteiger charge is -2.07. The van der Waals surface area contributed by atoms with Crippen LogP contribution < -0.4 is 5.32 Å². The molecule has 0 aliphatic heterocycles. The molecule has 0 radical (unpaired) electrons. The molecule has 0 aliphatic rings. The predicted octanol–water partition coefficient (Wildman–Crippen LogP) is 1.59. The molecule has 0 bridgehead atoms. The third kappa shape index (κ3) is 6.33. The number of nitrogens with one attached hydrogen (secondary N) is 1. The van der Waals surface area contributed by atoms with E-state index in [1.807, 2.05) is 5.32 Å². The fourth-order valence-corrected chi connectivity index (χ4v) is 0.465. The van der Waals surface area contributed by atoms with Gasteiger partial charge in [0.05, 0.1) is 16.3 Å². The lowest BCUT2D eigenvalue weighted by molar-refractivity contribution is 0.180. The first-order valence-electron chi connectivity index (χ1n) is 3.15. The van der Waals surface area contributed by atoms with Crippen LogP contribution in [0.5, 0.6) is 0 Å². The van der Waals surface area contributed by atoms with Crippen LogP contribution in [0.4, 0.5) is 4.79 Å². The highest BCUT2D eigenvalue weighted by molar-refractivity contribution is 6.39. The Hall–Kier alpha value is -0.840. The second kappa shape index (κ2) is 5.75. The van der Waals surface area contributed by atoms with Crippen LogP contribution in [0.25, 0.3) is 0 Å². The number of carbonyl (C=O) groups is 1. The van der Waals surface area contributed by atoms with Crippen LogP contribution in [-0.2, 0) is 0 Å². The Morgan fingerprint density at radius 1 is 1.54 bits per heavy atom. The van der Waals surface area contributed by atoms with E-state index in [-0.39, 0.29) is 10.1 Å². The molecule has 0 fully saturated rings. The molecule has 0 saturated heterocycles. The molecule has 0 aliphatic carbocycles. The second-order valence-corrected chi connectivity index (χ2v) is 2.97. The maximum absolute atomic E-state index is 10.8. The van der Waals surface area contributed by atoms with Crippen LogP contribution in [0.3, 0.4) is 0 Å². The maximum Gasteiger partial charge on any atom is 0.343 e. The molecule has 0 aromatic carbocycles. The van der Waals surface area contributed by atoms with Crippen molar-refractivity contribution >= 4 is 35.4 Å². The zero-order chi connectivity index (χ0) is 10.4. The van der Waals surface area contributed by atoms with Crippen LogP contribution in [0.15, 0.2) is 28.2 Å². The van der Waals surface area contributed by atoms with Gasteiger partial charge in [-0.2, -0.15) is 0 Å². The fraction of sp³-hybridized carbons (Fsp3) is 0.143. The molecule has 0 heterocycles. The van der Waals surface area contributed by atoms with Crippen molar-refractivity contribution in [3.63, 3.8) is 0 Å². The first-order chi connectivity index (χ1) is 5.93. The second-order valence-electron chi connectivity index (χ2n) is 2.00. The minimum atomic E-state index is -1.32. The van der Waals surface area contributed by atoms with Crippen molar-refractivity contribution in [2.75, 3.05) is 0 Å². The van der Waals surface area contributed by atoms with Crippen LogP contribution in [0, 0.1) is 0 Å². The highest BCUT2D eigenvalue weighted by atomic mass is 35.5. The van der Waals surface area contributed by atoms with Crippen LogP contribution in [-0.4, -0.2) is 23.6 Å². The van der Waals surface area contributed by atoms with E-state index in [0.717, 1.165) is 6.21 Å². The SMILES string of the molecule is C=C(Cl)C=NC(=O)N[C@H](O)C(=C)Cl. The number of hydrogen-bond donors (Lipinski definition) is 2. The Morgan fingerprint density at radius 3 is 2.46 bits per heavy atom. The smallest absolute Gasteiger partial charge is 0.343 e. The molecule has 1 atom stereocenters. The Morgan fingerprint density at radius 2 is 2.08 bits per heavy atom. The monoisotopic (exact) mass is 222 g/mol. The number of rotatable bonds is 3. The van der Waals surface area contributed by atoms with Crippen LogP contribution >= 0.6 is 23.2 Å². The van der Waals surface area contributed by atoms with Gasteiger partial charge in [0.15, 0.2) is 6.23 Å². The van der Waals surface area contributed by atoms with E-state index >= 15 is 0 Å². The van der Waals surface area contributed by atoms with E-state index in [9.17, 15) is 4.79 Å². The number of aliphatic hydroxyl groups excluding tert-OH is 1. The molecule has 0 unspecified atom stereocenters. The van der Waals surface area contributed by atoms with Gasteiger partial charge in [0.2, 0.25) is 0 Å². The lowest BCUT2D eigenvalue weighted by Crippen LogP contribution is -2.32. The molecule has 0 aromatic heterocycles. The Kier molecular flexibility index (Phi) is 5.37. The van der Waals surface area contributed by atoms with Gasteiger partial charge < -0.3 is 10.4 Å². The zero-order valence-electron chi connectivity index (χ0n) is 6.63. The van der Waals surface area contributed by atoms with E-state index in [4.69, 9.17) is 28.3 Å². The van der Waals surface area contributed by atoms with E-state index in [1.54, 1.807) is 0 Å². The van der Waals surface area contributed by atoms with Crippen molar-refractivity contribution in [1.29, 1.82) is 0 Å². The summed E-state index contributed by atoms with van der Waals surface area (Å²) >= 11 is 10.6. The zero-order valence-corrected chi connectivity index (χ0v) is 8.14. The highest BCUT2D eigenvalue weighted by Gasteiger charge is 2.08. The van der Waals surface area contributed by atoms with Crippen molar-refractivity contribution in [3.8, 4) is 0 Å². The lowest BCUT2D eigenvalue weighted by atomic mass is 10.5. The summed E-state index contributed by atoms with van der Waals surface area (Å²) in [6.45, 7) is 6.48. The summed E-state index contributed by atoms with van der Waals surface area (Å²) in [4.78, 5) is 14.1. The average Bonchev–Trinajstić information content (AvgIpc) is 2.00. The molecular formula is C7H8Cl2N2O2. The number of aliphatic hydroxyl groups is 1. The number of hydrogen-bond acceptors (Lipinski definition) is 2. The summed E-state index contributed by atoms with van der Waals surface area (Å²) in [7, 11) is 0. The van der Waals surface area contributed by atoms with Crippen LogP contribution in [0.1, 0.15) is 0 Å². The molecule has 72 valence electrons. The number of nitrogens with zero attached hydrogens (tertiary/aromatic N) is 1. The summed E-state index contributed by atoms with van der Waals surface area (Å²) < 4.78 is 0. The minimum absolute atomic E-state index is 0.103. The third-order valence-electron chi connectivity index (χ3n) is 0.879. The number of amides is 2. The van der Waals surface area contributed by atoms with Gasteiger partial charge in [0, 0.05) is 0 Å². The molecule has 6 heteroatoms. The predicted molar refractivity (Wildman–Crippen MR) is 53.0 cm³/mol. The number of aliphatic imine (C=N–C) groups is 1. The van der Waals surface area contributed by atoms with Crippen molar-refractivity contribution in [3.05, 3.63) is 23.2 Å². The van der Waals surface area contributed by atoms with Gasteiger partial charge in [0.25, 0.3) is 0 Å². The van der Waals surface area contributed by atoms with E-state index < -0.39 is 12.3 Å². The van der Waals surface area contributed by atoms with Gasteiger partial charge in [0.1, 0.15) is 0 Å². The first kappa shape index (κ1) is 12.2. The minimum Gasteiger partial charge on any atom is -0.369 e. The maximum atomic E-state index is 10.8. The number of allylic oxidation sites excluding steroid dienone is 1. The van der Waals surface area contributed by atoms with Gasteiger partial charge >= 0.3 is 6.03 Å². The number of carbonyl (C=O) groups excluding carboxylic acids is 1. The Balaban J connectivity index is 4.02. The van der Waals surface area contributed by atoms with Crippen molar-refractivity contribution < 1.29 is 9.90 Å². The van der Waals surface area contributed by atoms with Gasteiger partial charge in [-0.3, -0.25) is 0 Å². The summed E-state index contributed by atoms with van der Waals surface area (Å²) in [5, 5.41) is 11.0. The molecule has 2 amide bonds. The number of urea groups is 1. The molecular weight excluding hydrogens is 215 g/mol. The summed E-state index contributed by atoms with van der Waals surface area (Å²) in [6, 6.07) is -0.781. The number of halogens is 2. The first-order valence-corrected chi connectivity index (χ1v) is 3.90. The standard InChI is InChI=1S/C7H8Cl2N2O2/c1-4(8)3-10-7(13)11-6(12)5(2)9/h3,6,12H,1-2H2,(H,11,13)/t6-/m1/s1. The molecule has 4 nitrogen and oxygen atoms in total. The molecule has 0 saturated carbocycles. The summed E-state index contributed by atoms with van der Waals surface area (Å²) in [6.07, 6.45) is -0.282. The summed E-state index contributed by atoms with van der Waals surface area (Å²) in [5.41, 5.74) is 0. The summed E-state index contributed by atoms with van der Waals surface area (Å²) in [5.74, 6) is 0. The average molecular weight is 223 g/mol. The largest absolute Gasteiger partial charge is 0.369 e. The molecule has 0 rings (SSSR count). The van der Waals surface area contributed by atoms with Gasteiger partial charge in [-0.15, -0.1) is 0 Å². The highest BCUT2D eigenvalue weighted by Crippen LogP contribution is 2.01. The molecule has 0 aromatic rings. The topological polar surface area (TPSA) is 61.7 Å². The van der Waals surface area contributed by atoms with Gasteiger partial charge in [-0.05, 0) is 0 Å². The fourth-order valence-electron chi connectivity index (χ4n) is 0.361. The van der Waals surface area contributed by atoms with Crippen molar-refractivity contribution in [1.82, 2.24) is 5.32 Å². The van der Waals surface area contributed by atoms with Crippen LogP contribution in [0.2, 0.25) is 0 Å².